The molecule has 2 aromatic heterocycles. The zero-order chi connectivity index (χ0) is 22.6. The number of hydrogen-bond acceptors (Lipinski definition) is 2. The van der Waals surface area contributed by atoms with Gasteiger partial charge < -0.3 is 14.5 Å². The summed E-state index contributed by atoms with van der Waals surface area (Å²) < 4.78 is 55.8. The Labute approximate surface area is 173 Å². The maximum atomic E-state index is 13.9. The van der Waals surface area contributed by atoms with E-state index in [0.717, 1.165) is 24.3 Å². The number of rotatable bonds is 3. The second-order valence-corrected chi connectivity index (χ2v) is 7.44. The van der Waals surface area contributed by atoms with Gasteiger partial charge in [0, 0.05) is 37.3 Å². The Hall–Kier alpha value is -3.62. The molecule has 0 aliphatic rings. The zero-order valence-corrected chi connectivity index (χ0v) is 16.8. The van der Waals surface area contributed by atoms with E-state index in [9.17, 15) is 27.2 Å². The average Bonchev–Trinajstić information content (AvgIpc) is 3.13. The number of nitrogens with zero attached hydrogens (tertiary/aromatic N) is 2. The number of carbonyl (C=O) groups excluding carboxylic acids is 1. The van der Waals surface area contributed by atoms with E-state index in [1.54, 1.807) is 6.92 Å². The highest BCUT2D eigenvalue weighted by atomic mass is 19.2. The summed E-state index contributed by atoms with van der Waals surface area (Å²) in [6.07, 6.45) is 1.46. The van der Waals surface area contributed by atoms with Crippen LogP contribution in [0.1, 0.15) is 29.0 Å². The van der Waals surface area contributed by atoms with Gasteiger partial charge in [-0.05, 0) is 42.1 Å². The molecule has 0 fully saturated rings. The van der Waals surface area contributed by atoms with E-state index >= 15 is 0 Å². The normalized spacial score (nSPS) is 12.5. The molecular formula is C22H17F4N3O2. The third-order valence-electron chi connectivity index (χ3n) is 5.50. The Kier molecular flexibility index (Phi) is 4.83. The van der Waals surface area contributed by atoms with Crippen LogP contribution in [0, 0.1) is 23.3 Å². The Bertz CT molecular complexity index is 1390. The number of pyridine rings is 1. The summed E-state index contributed by atoms with van der Waals surface area (Å²) in [4.78, 5) is 29.5. The molecule has 0 aliphatic heterocycles. The molecule has 160 valence electrons. The summed E-state index contributed by atoms with van der Waals surface area (Å²) >= 11 is 0. The number of fused-ring (bicyclic) bond motifs is 2. The van der Waals surface area contributed by atoms with Crippen LogP contribution in [0.2, 0.25) is 0 Å². The van der Waals surface area contributed by atoms with Gasteiger partial charge in [-0.2, -0.15) is 0 Å². The van der Waals surface area contributed by atoms with Crippen LogP contribution in [0.15, 0.2) is 41.3 Å². The van der Waals surface area contributed by atoms with E-state index in [-0.39, 0.29) is 22.0 Å². The van der Waals surface area contributed by atoms with Gasteiger partial charge in [-0.3, -0.25) is 9.59 Å². The second kappa shape index (κ2) is 7.26. The van der Waals surface area contributed by atoms with Gasteiger partial charge in [0.05, 0.1) is 11.4 Å². The predicted molar refractivity (Wildman–Crippen MR) is 108 cm³/mol. The average molecular weight is 431 g/mol. The molecular weight excluding hydrogens is 414 g/mol. The highest BCUT2D eigenvalue weighted by Crippen LogP contribution is 2.29. The molecule has 1 atom stereocenters. The number of aromatic nitrogens is 2. The zero-order valence-electron chi connectivity index (χ0n) is 16.8. The van der Waals surface area contributed by atoms with Gasteiger partial charge in [0.25, 0.3) is 11.5 Å². The number of aromatic amines is 1. The van der Waals surface area contributed by atoms with Crippen LogP contribution in [0.25, 0.3) is 21.7 Å². The standard InChI is InChI=1S/C22H17F4N3O2/c1-10(14-9-28(2)21(30)13-7-17(25)16(24)6-12(13)14)29(3)22(31)20-5-11-4-15(23)18(26)8-19(11)27-20/h4-10,27H,1-3H3/t10-/m0/s1. The number of amides is 1. The fourth-order valence-electron chi connectivity index (χ4n) is 3.64. The first-order chi connectivity index (χ1) is 14.6. The van der Waals surface area contributed by atoms with Crippen molar-refractivity contribution in [3.63, 3.8) is 0 Å². The summed E-state index contributed by atoms with van der Waals surface area (Å²) in [5, 5.41) is 0.506. The molecule has 0 saturated heterocycles. The first-order valence-corrected chi connectivity index (χ1v) is 9.31. The lowest BCUT2D eigenvalue weighted by molar-refractivity contribution is 0.0738. The molecule has 0 radical (unpaired) electrons. The lowest BCUT2D eigenvalue weighted by Gasteiger charge is -2.26. The van der Waals surface area contributed by atoms with Crippen molar-refractivity contribution in [1.82, 2.24) is 14.5 Å². The Morgan fingerprint density at radius 3 is 2.23 bits per heavy atom. The number of hydrogen-bond donors (Lipinski definition) is 1. The van der Waals surface area contributed by atoms with Gasteiger partial charge in [0.1, 0.15) is 5.69 Å². The largest absolute Gasteiger partial charge is 0.350 e. The fraction of sp³-hybridized carbons (Fsp3) is 0.182. The topological polar surface area (TPSA) is 58.1 Å². The Morgan fingerprint density at radius 1 is 0.968 bits per heavy atom. The second-order valence-electron chi connectivity index (χ2n) is 7.44. The van der Waals surface area contributed by atoms with Crippen LogP contribution in [-0.4, -0.2) is 27.4 Å². The van der Waals surface area contributed by atoms with Crippen LogP contribution in [0.4, 0.5) is 17.6 Å². The van der Waals surface area contributed by atoms with Crippen LogP contribution < -0.4 is 5.56 Å². The van der Waals surface area contributed by atoms with Crippen molar-refractivity contribution in [3.05, 3.63) is 81.4 Å². The molecule has 0 aliphatic carbocycles. The van der Waals surface area contributed by atoms with Crippen LogP contribution in [0.3, 0.4) is 0 Å². The molecule has 0 spiro atoms. The fourth-order valence-corrected chi connectivity index (χ4v) is 3.64. The van der Waals surface area contributed by atoms with Crippen molar-refractivity contribution in [2.75, 3.05) is 7.05 Å². The molecule has 1 amide bonds. The van der Waals surface area contributed by atoms with Gasteiger partial charge in [0.15, 0.2) is 23.3 Å². The maximum Gasteiger partial charge on any atom is 0.270 e. The minimum Gasteiger partial charge on any atom is -0.350 e. The Balaban J connectivity index is 1.77. The molecule has 0 bridgehead atoms. The minimum atomic E-state index is -1.14. The monoisotopic (exact) mass is 431 g/mol. The molecule has 31 heavy (non-hydrogen) atoms. The first kappa shape index (κ1) is 20.6. The van der Waals surface area contributed by atoms with Crippen LogP contribution >= 0.6 is 0 Å². The smallest absolute Gasteiger partial charge is 0.270 e. The molecule has 9 heteroatoms. The molecule has 2 aromatic carbocycles. The molecule has 1 N–H and O–H groups in total. The number of benzene rings is 2. The molecule has 4 aromatic rings. The highest BCUT2D eigenvalue weighted by Gasteiger charge is 2.24. The van der Waals surface area contributed by atoms with Gasteiger partial charge >= 0.3 is 0 Å². The van der Waals surface area contributed by atoms with Crippen molar-refractivity contribution in [3.8, 4) is 0 Å². The molecule has 4 rings (SSSR count). The maximum absolute atomic E-state index is 13.9. The number of nitrogens with one attached hydrogen (secondary N) is 1. The lowest BCUT2D eigenvalue weighted by atomic mass is 10.0. The van der Waals surface area contributed by atoms with Crippen molar-refractivity contribution in [2.45, 2.75) is 13.0 Å². The van der Waals surface area contributed by atoms with Crippen LogP contribution in [0.5, 0.6) is 0 Å². The SMILES string of the molecule is C[C@@H](c1cn(C)c(=O)c2cc(F)c(F)cc12)N(C)C(=O)c1cc2cc(F)c(F)cc2[nH]1. The summed E-state index contributed by atoms with van der Waals surface area (Å²) in [5.74, 6) is -4.81. The summed E-state index contributed by atoms with van der Waals surface area (Å²) in [5.41, 5.74) is 0.285. The van der Waals surface area contributed by atoms with Crippen molar-refractivity contribution in [2.24, 2.45) is 7.05 Å². The van der Waals surface area contributed by atoms with Gasteiger partial charge in [0.2, 0.25) is 0 Å². The van der Waals surface area contributed by atoms with Gasteiger partial charge in [-0.25, -0.2) is 17.6 Å². The molecule has 0 saturated carbocycles. The summed E-state index contributed by atoms with van der Waals surface area (Å²) in [7, 11) is 2.97. The molecule has 0 unspecified atom stereocenters. The predicted octanol–water partition coefficient (Wildman–Crippen LogP) is 4.41. The number of carbonyl (C=O) groups is 1. The lowest BCUT2D eigenvalue weighted by Crippen LogP contribution is -2.31. The van der Waals surface area contributed by atoms with Crippen molar-refractivity contribution >= 4 is 27.6 Å². The number of H-pyrrole nitrogens is 1. The van der Waals surface area contributed by atoms with Gasteiger partial charge in [-0.15, -0.1) is 0 Å². The first-order valence-electron chi connectivity index (χ1n) is 9.31. The highest BCUT2D eigenvalue weighted by molar-refractivity contribution is 5.98. The summed E-state index contributed by atoms with van der Waals surface area (Å²) in [6.45, 7) is 1.67. The van der Waals surface area contributed by atoms with Crippen molar-refractivity contribution in [1.29, 1.82) is 0 Å². The van der Waals surface area contributed by atoms with E-state index < -0.39 is 40.8 Å². The Morgan fingerprint density at radius 2 is 1.55 bits per heavy atom. The third-order valence-corrected chi connectivity index (χ3v) is 5.50. The quantitative estimate of drug-likeness (QED) is 0.489. The van der Waals surface area contributed by atoms with Gasteiger partial charge in [-0.1, -0.05) is 0 Å². The molecule has 5 nitrogen and oxygen atoms in total. The number of aryl methyl sites for hydroxylation is 1. The van der Waals surface area contributed by atoms with Crippen molar-refractivity contribution < 1.29 is 22.4 Å². The van der Waals surface area contributed by atoms with E-state index in [1.165, 1.54) is 35.8 Å². The van der Waals surface area contributed by atoms with E-state index in [1.807, 2.05) is 0 Å². The minimum absolute atomic E-state index is 0.0110. The van der Waals surface area contributed by atoms with E-state index in [2.05, 4.69) is 4.98 Å². The van der Waals surface area contributed by atoms with Crippen LogP contribution in [-0.2, 0) is 7.05 Å². The molecule has 2 heterocycles. The van der Waals surface area contributed by atoms with E-state index in [0.29, 0.717) is 10.9 Å². The van der Waals surface area contributed by atoms with E-state index in [4.69, 9.17) is 0 Å². The third kappa shape index (κ3) is 3.35. The number of halogens is 4. The summed E-state index contributed by atoms with van der Waals surface area (Å²) in [6, 6.07) is 4.47.